The van der Waals surface area contributed by atoms with E-state index < -0.39 is 6.10 Å². The zero-order chi connectivity index (χ0) is 15.0. The van der Waals surface area contributed by atoms with Gasteiger partial charge in [-0.1, -0.05) is 35.9 Å². The number of halogens is 1. The van der Waals surface area contributed by atoms with E-state index in [9.17, 15) is 9.90 Å². The highest BCUT2D eigenvalue weighted by atomic mass is 35.5. The maximum absolute atomic E-state index is 11.9. The summed E-state index contributed by atoms with van der Waals surface area (Å²) in [6.07, 6.45) is 0.0384. The van der Waals surface area contributed by atoms with Crippen molar-refractivity contribution in [2.75, 3.05) is 6.54 Å². The van der Waals surface area contributed by atoms with Gasteiger partial charge < -0.3 is 10.4 Å². The van der Waals surface area contributed by atoms with E-state index in [0.29, 0.717) is 22.7 Å². The van der Waals surface area contributed by atoms with E-state index in [-0.39, 0.29) is 5.91 Å². The van der Waals surface area contributed by atoms with Crippen molar-refractivity contribution in [3.63, 3.8) is 0 Å². The molecule has 2 aromatic carbocycles. The van der Waals surface area contributed by atoms with Crippen molar-refractivity contribution in [1.29, 1.82) is 0 Å². The molecular formula is C17H16ClNO2. The number of rotatable bonds is 2. The molecule has 3 nitrogen and oxygen atoms in total. The Bertz CT molecular complexity index is 712. The zero-order valence-corrected chi connectivity index (χ0v) is 12.4. The number of nitrogens with one attached hydrogen (secondary N) is 1. The van der Waals surface area contributed by atoms with Crippen molar-refractivity contribution in [1.82, 2.24) is 5.32 Å². The zero-order valence-electron chi connectivity index (χ0n) is 11.7. The van der Waals surface area contributed by atoms with Crippen LogP contribution in [0.4, 0.5) is 0 Å². The number of hydrogen-bond donors (Lipinski definition) is 2. The molecule has 0 bridgehead atoms. The second-order valence-corrected chi connectivity index (χ2v) is 5.74. The number of benzene rings is 2. The SMILES string of the molecule is Cc1ccc(C(O)c2ccc3c(c2)C(=O)NCC3)cc1Cl. The Hall–Kier alpha value is -1.84. The van der Waals surface area contributed by atoms with E-state index in [1.807, 2.05) is 31.2 Å². The molecule has 1 unspecified atom stereocenters. The molecule has 0 radical (unpaired) electrons. The minimum atomic E-state index is -0.789. The Kier molecular flexibility index (Phi) is 3.70. The Balaban J connectivity index is 1.98. The highest BCUT2D eigenvalue weighted by Gasteiger charge is 2.19. The first-order valence-electron chi connectivity index (χ1n) is 6.91. The van der Waals surface area contributed by atoms with Crippen LogP contribution in [0.15, 0.2) is 36.4 Å². The van der Waals surface area contributed by atoms with Gasteiger partial charge in [0.05, 0.1) is 0 Å². The molecule has 0 saturated carbocycles. The molecule has 0 spiro atoms. The monoisotopic (exact) mass is 301 g/mol. The average molecular weight is 302 g/mol. The van der Waals surface area contributed by atoms with Crippen LogP contribution >= 0.6 is 11.6 Å². The molecule has 1 aliphatic heterocycles. The van der Waals surface area contributed by atoms with Crippen LogP contribution in [0.25, 0.3) is 0 Å². The molecule has 1 heterocycles. The summed E-state index contributed by atoms with van der Waals surface area (Å²) >= 11 is 6.11. The van der Waals surface area contributed by atoms with Gasteiger partial charge in [0.2, 0.25) is 0 Å². The predicted octanol–water partition coefficient (Wildman–Crippen LogP) is 3.02. The molecule has 0 fully saturated rings. The van der Waals surface area contributed by atoms with Crippen LogP contribution in [0.3, 0.4) is 0 Å². The fourth-order valence-corrected chi connectivity index (χ4v) is 2.76. The van der Waals surface area contributed by atoms with Gasteiger partial charge in [-0.05, 0) is 47.7 Å². The molecule has 3 rings (SSSR count). The fraction of sp³-hybridized carbons (Fsp3) is 0.235. The topological polar surface area (TPSA) is 49.3 Å². The number of amides is 1. The van der Waals surface area contributed by atoms with Crippen molar-refractivity contribution in [2.24, 2.45) is 0 Å². The van der Waals surface area contributed by atoms with Gasteiger partial charge in [-0.3, -0.25) is 4.79 Å². The largest absolute Gasteiger partial charge is 0.384 e. The first-order chi connectivity index (χ1) is 10.1. The highest BCUT2D eigenvalue weighted by Crippen LogP contribution is 2.28. The molecule has 2 N–H and O–H groups in total. The number of aliphatic hydroxyl groups excluding tert-OH is 1. The number of fused-ring (bicyclic) bond motifs is 1. The smallest absolute Gasteiger partial charge is 0.251 e. The van der Waals surface area contributed by atoms with E-state index >= 15 is 0 Å². The number of carbonyl (C=O) groups excluding carboxylic acids is 1. The number of aryl methyl sites for hydroxylation is 1. The number of aliphatic hydroxyl groups is 1. The summed E-state index contributed by atoms with van der Waals surface area (Å²) < 4.78 is 0. The van der Waals surface area contributed by atoms with Crippen molar-refractivity contribution in [3.8, 4) is 0 Å². The van der Waals surface area contributed by atoms with Gasteiger partial charge in [-0.2, -0.15) is 0 Å². The van der Waals surface area contributed by atoms with Gasteiger partial charge in [0, 0.05) is 17.1 Å². The Morgan fingerprint density at radius 3 is 2.67 bits per heavy atom. The molecule has 108 valence electrons. The molecule has 0 saturated heterocycles. The minimum Gasteiger partial charge on any atom is -0.384 e. The van der Waals surface area contributed by atoms with Crippen LogP contribution in [0.1, 0.15) is 38.7 Å². The molecular weight excluding hydrogens is 286 g/mol. The molecule has 0 aliphatic carbocycles. The van der Waals surface area contributed by atoms with Crippen LogP contribution < -0.4 is 5.32 Å². The summed E-state index contributed by atoms with van der Waals surface area (Å²) in [5.41, 5.74) is 4.07. The third-order valence-electron chi connectivity index (χ3n) is 3.89. The maximum Gasteiger partial charge on any atom is 0.251 e. The van der Waals surface area contributed by atoms with Crippen LogP contribution in [0, 0.1) is 6.92 Å². The summed E-state index contributed by atoms with van der Waals surface area (Å²) in [6, 6.07) is 11.1. The Morgan fingerprint density at radius 1 is 1.19 bits per heavy atom. The lowest BCUT2D eigenvalue weighted by atomic mass is 9.93. The van der Waals surface area contributed by atoms with Gasteiger partial charge in [0.15, 0.2) is 0 Å². The molecule has 21 heavy (non-hydrogen) atoms. The molecule has 4 heteroatoms. The standard InChI is InChI=1S/C17H16ClNO2/c1-10-2-3-13(9-15(10)18)16(20)12-5-4-11-6-7-19-17(21)14(11)8-12/h2-5,8-9,16,20H,6-7H2,1H3,(H,19,21). The quantitative estimate of drug-likeness (QED) is 0.896. The summed E-state index contributed by atoms with van der Waals surface area (Å²) in [4.78, 5) is 11.9. The average Bonchev–Trinajstić information content (AvgIpc) is 2.49. The van der Waals surface area contributed by atoms with Gasteiger partial charge in [-0.25, -0.2) is 0 Å². The summed E-state index contributed by atoms with van der Waals surface area (Å²) in [5.74, 6) is -0.0766. The Morgan fingerprint density at radius 2 is 1.90 bits per heavy atom. The molecule has 1 amide bonds. The fourth-order valence-electron chi connectivity index (χ4n) is 2.57. The van der Waals surface area contributed by atoms with E-state index in [1.165, 1.54) is 0 Å². The molecule has 1 atom stereocenters. The van der Waals surface area contributed by atoms with Gasteiger partial charge in [-0.15, -0.1) is 0 Å². The van der Waals surface area contributed by atoms with Gasteiger partial charge >= 0.3 is 0 Å². The second-order valence-electron chi connectivity index (χ2n) is 5.33. The molecule has 1 aliphatic rings. The predicted molar refractivity (Wildman–Crippen MR) is 82.7 cm³/mol. The van der Waals surface area contributed by atoms with Crippen molar-refractivity contribution < 1.29 is 9.90 Å². The van der Waals surface area contributed by atoms with Crippen LogP contribution in [0.2, 0.25) is 5.02 Å². The van der Waals surface area contributed by atoms with E-state index in [0.717, 1.165) is 23.1 Å². The summed E-state index contributed by atoms with van der Waals surface area (Å²) in [5, 5.41) is 14.0. The highest BCUT2D eigenvalue weighted by molar-refractivity contribution is 6.31. The van der Waals surface area contributed by atoms with Crippen molar-refractivity contribution >= 4 is 17.5 Å². The lowest BCUT2D eigenvalue weighted by Gasteiger charge is -2.19. The number of hydrogen-bond acceptors (Lipinski definition) is 2. The number of carbonyl (C=O) groups is 1. The van der Waals surface area contributed by atoms with Crippen LogP contribution in [-0.2, 0) is 6.42 Å². The normalized spacial score (nSPS) is 15.3. The third kappa shape index (κ3) is 2.67. The first kappa shape index (κ1) is 14.1. The third-order valence-corrected chi connectivity index (χ3v) is 4.29. The van der Waals surface area contributed by atoms with Crippen molar-refractivity contribution in [3.05, 3.63) is 69.2 Å². The minimum absolute atomic E-state index is 0.0766. The maximum atomic E-state index is 11.9. The van der Waals surface area contributed by atoms with Crippen molar-refractivity contribution in [2.45, 2.75) is 19.4 Å². The first-order valence-corrected chi connectivity index (χ1v) is 7.29. The second kappa shape index (κ2) is 5.51. The van der Waals surface area contributed by atoms with Gasteiger partial charge in [0.25, 0.3) is 5.91 Å². The lowest BCUT2D eigenvalue weighted by Crippen LogP contribution is -2.31. The molecule has 2 aromatic rings. The van der Waals surface area contributed by atoms with E-state index in [4.69, 9.17) is 11.6 Å². The van der Waals surface area contributed by atoms with E-state index in [2.05, 4.69) is 5.32 Å². The Labute approximate surface area is 128 Å². The summed E-state index contributed by atoms with van der Waals surface area (Å²) in [6.45, 7) is 2.59. The van der Waals surface area contributed by atoms with Crippen LogP contribution in [-0.4, -0.2) is 17.6 Å². The molecule has 0 aromatic heterocycles. The lowest BCUT2D eigenvalue weighted by molar-refractivity contribution is 0.0945. The van der Waals surface area contributed by atoms with E-state index in [1.54, 1.807) is 12.1 Å². The van der Waals surface area contributed by atoms with Gasteiger partial charge in [0.1, 0.15) is 6.10 Å². The van der Waals surface area contributed by atoms with Crippen LogP contribution in [0.5, 0.6) is 0 Å². The summed E-state index contributed by atoms with van der Waals surface area (Å²) in [7, 11) is 0.